The van der Waals surface area contributed by atoms with Crippen LogP contribution in [0.1, 0.15) is 31.1 Å². The minimum absolute atomic E-state index is 0.0280. The molecule has 3 aromatic carbocycles. The van der Waals surface area contributed by atoms with E-state index in [2.05, 4.69) is 0 Å². The molecule has 138 valence electrons. The minimum Gasteiger partial charge on any atom is -0.460 e. The van der Waals surface area contributed by atoms with Gasteiger partial charge in [-0.15, -0.1) is 0 Å². The lowest BCUT2D eigenvalue weighted by molar-refractivity contribution is 0.0420. The fraction of sp³-hybridized carbons (Fsp3) is 0.0870. The lowest BCUT2D eigenvalue weighted by Gasteiger charge is -2.13. The normalized spacial score (nSPS) is 12.8. The van der Waals surface area contributed by atoms with Crippen LogP contribution in [0.2, 0.25) is 0 Å². The van der Waals surface area contributed by atoms with Crippen LogP contribution in [0.3, 0.4) is 0 Å². The molecule has 0 radical (unpaired) electrons. The molecule has 1 heterocycles. The summed E-state index contributed by atoms with van der Waals surface area (Å²) in [5.41, 5.74) is 3.25. The van der Waals surface area contributed by atoms with Gasteiger partial charge in [-0.25, -0.2) is 4.79 Å². The van der Waals surface area contributed by atoms with E-state index in [4.69, 9.17) is 4.74 Å². The first-order chi connectivity index (χ1) is 13.6. The molecule has 28 heavy (non-hydrogen) atoms. The molecule has 0 aromatic heterocycles. The zero-order valence-electron chi connectivity index (χ0n) is 15.0. The van der Waals surface area contributed by atoms with Gasteiger partial charge in [0.25, 0.3) is 11.8 Å². The van der Waals surface area contributed by atoms with Gasteiger partial charge in [0.1, 0.15) is 6.61 Å². The van der Waals surface area contributed by atoms with Gasteiger partial charge >= 0.3 is 5.97 Å². The zero-order valence-corrected chi connectivity index (χ0v) is 15.0. The Hall–Kier alpha value is -3.73. The largest absolute Gasteiger partial charge is 0.460 e. The molecule has 0 spiro atoms. The Balaban J connectivity index is 1.35. The number of esters is 1. The van der Waals surface area contributed by atoms with Gasteiger partial charge in [0.15, 0.2) is 0 Å². The minimum atomic E-state index is -0.490. The van der Waals surface area contributed by atoms with Gasteiger partial charge in [-0.3, -0.25) is 14.5 Å². The lowest BCUT2D eigenvalue weighted by atomic mass is 10.0. The van der Waals surface area contributed by atoms with Crippen molar-refractivity contribution in [2.24, 2.45) is 0 Å². The van der Waals surface area contributed by atoms with Gasteiger partial charge in [-0.2, -0.15) is 0 Å². The van der Waals surface area contributed by atoms with Crippen molar-refractivity contribution >= 4 is 17.8 Å². The first-order valence-electron chi connectivity index (χ1n) is 8.93. The summed E-state index contributed by atoms with van der Waals surface area (Å²) in [6.07, 6.45) is 0. The molecule has 5 heteroatoms. The third-order valence-electron chi connectivity index (χ3n) is 4.65. The van der Waals surface area contributed by atoms with Crippen molar-refractivity contribution in [1.29, 1.82) is 0 Å². The SMILES string of the molecule is O=C(OCCN1C(=O)c2ccccc2C1=O)c1ccc(-c2ccccc2)cc1. The fourth-order valence-corrected chi connectivity index (χ4v) is 3.18. The molecule has 0 fully saturated rings. The summed E-state index contributed by atoms with van der Waals surface area (Å²) >= 11 is 0. The van der Waals surface area contributed by atoms with Crippen LogP contribution in [0.5, 0.6) is 0 Å². The molecule has 4 rings (SSSR count). The molecule has 1 aliphatic heterocycles. The second-order valence-corrected chi connectivity index (χ2v) is 6.39. The van der Waals surface area contributed by atoms with Crippen molar-refractivity contribution in [3.63, 3.8) is 0 Å². The average molecular weight is 371 g/mol. The van der Waals surface area contributed by atoms with Gasteiger partial charge in [0.2, 0.25) is 0 Å². The van der Waals surface area contributed by atoms with E-state index in [1.165, 1.54) is 0 Å². The van der Waals surface area contributed by atoms with Gasteiger partial charge in [0, 0.05) is 0 Å². The maximum absolute atomic E-state index is 12.3. The van der Waals surface area contributed by atoms with Crippen LogP contribution >= 0.6 is 0 Å². The van der Waals surface area contributed by atoms with Gasteiger partial charge in [0.05, 0.1) is 23.2 Å². The number of hydrogen-bond acceptors (Lipinski definition) is 4. The monoisotopic (exact) mass is 371 g/mol. The summed E-state index contributed by atoms with van der Waals surface area (Å²) in [4.78, 5) is 37.9. The summed E-state index contributed by atoms with van der Waals surface area (Å²) in [5.74, 6) is -1.20. The molecule has 2 amide bonds. The van der Waals surface area contributed by atoms with Crippen LogP contribution in [-0.2, 0) is 4.74 Å². The summed E-state index contributed by atoms with van der Waals surface area (Å²) in [5, 5.41) is 0. The first kappa shape index (κ1) is 17.7. The van der Waals surface area contributed by atoms with E-state index < -0.39 is 5.97 Å². The number of carbonyl (C=O) groups is 3. The second kappa shape index (κ2) is 7.48. The molecular formula is C23H17NO4. The molecule has 3 aromatic rings. The summed E-state index contributed by atoms with van der Waals surface area (Å²) in [6.45, 7) is -0.0229. The average Bonchev–Trinajstić information content (AvgIpc) is 2.99. The van der Waals surface area contributed by atoms with Crippen LogP contribution in [0.4, 0.5) is 0 Å². The lowest BCUT2D eigenvalue weighted by Crippen LogP contribution is -2.33. The van der Waals surface area contributed by atoms with E-state index in [1.54, 1.807) is 36.4 Å². The fourth-order valence-electron chi connectivity index (χ4n) is 3.18. The number of hydrogen-bond donors (Lipinski definition) is 0. The maximum atomic E-state index is 12.3. The number of nitrogens with zero attached hydrogens (tertiary/aromatic N) is 1. The third kappa shape index (κ3) is 3.30. The van der Waals surface area contributed by atoms with E-state index in [-0.39, 0.29) is 25.0 Å². The van der Waals surface area contributed by atoms with E-state index >= 15 is 0 Å². The predicted octanol–water partition coefficient (Wildman–Crippen LogP) is 3.81. The number of fused-ring (bicyclic) bond motifs is 1. The Morgan fingerprint density at radius 1 is 0.714 bits per heavy atom. The molecule has 0 bridgehead atoms. The standard InChI is InChI=1S/C23H17NO4/c25-21-19-8-4-5-9-20(19)22(26)24(21)14-15-28-23(27)18-12-10-17(11-13-18)16-6-2-1-3-7-16/h1-13H,14-15H2. The molecule has 5 nitrogen and oxygen atoms in total. The van der Waals surface area contributed by atoms with Crippen LogP contribution in [0.25, 0.3) is 11.1 Å². The van der Waals surface area contributed by atoms with E-state index in [0.29, 0.717) is 16.7 Å². The Morgan fingerprint density at radius 3 is 1.86 bits per heavy atom. The number of rotatable bonds is 5. The highest BCUT2D eigenvalue weighted by molar-refractivity contribution is 6.21. The third-order valence-corrected chi connectivity index (χ3v) is 4.65. The zero-order chi connectivity index (χ0) is 19.5. The predicted molar refractivity (Wildman–Crippen MR) is 104 cm³/mol. The van der Waals surface area contributed by atoms with Crippen molar-refractivity contribution in [3.05, 3.63) is 95.6 Å². The molecule has 0 atom stereocenters. The van der Waals surface area contributed by atoms with Crippen molar-refractivity contribution in [1.82, 2.24) is 4.90 Å². The van der Waals surface area contributed by atoms with E-state index in [9.17, 15) is 14.4 Å². The molecule has 0 saturated carbocycles. The molecule has 0 N–H and O–H groups in total. The van der Waals surface area contributed by atoms with Crippen molar-refractivity contribution < 1.29 is 19.1 Å². The first-order valence-corrected chi connectivity index (χ1v) is 8.93. The number of amides is 2. The quantitative estimate of drug-likeness (QED) is 0.505. The van der Waals surface area contributed by atoms with Crippen molar-refractivity contribution in [3.8, 4) is 11.1 Å². The van der Waals surface area contributed by atoms with Gasteiger partial charge in [-0.1, -0.05) is 54.6 Å². The Labute approximate surface area is 162 Å². The van der Waals surface area contributed by atoms with Crippen LogP contribution in [0, 0.1) is 0 Å². The molecular weight excluding hydrogens is 354 g/mol. The van der Waals surface area contributed by atoms with Crippen LogP contribution in [0.15, 0.2) is 78.9 Å². The second-order valence-electron chi connectivity index (χ2n) is 6.39. The topological polar surface area (TPSA) is 63.7 Å². The van der Waals surface area contributed by atoms with E-state index in [0.717, 1.165) is 16.0 Å². The van der Waals surface area contributed by atoms with Crippen LogP contribution < -0.4 is 0 Å². The highest BCUT2D eigenvalue weighted by Crippen LogP contribution is 2.22. The number of carbonyl (C=O) groups excluding carboxylic acids is 3. The number of benzene rings is 3. The Kier molecular flexibility index (Phi) is 4.72. The Bertz CT molecular complexity index is 1010. The van der Waals surface area contributed by atoms with E-state index in [1.807, 2.05) is 42.5 Å². The Morgan fingerprint density at radius 2 is 1.25 bits per heavy atom. The molecule has 1 aliphatic rings. The molecule has 0 unspecified atom stereocenters. The maximum Gasteiger partial charge on any atom is 0.338 e. The van der Waals surface area contributed by atoms with Crippen molar-refractivity contribution in [2.45, 2.75) is 0 Å². The molecule has 0 aliphatic carbocycles. The smallest absolute Gasteiger partial charge is 0.338 e. The highest BCUT2D eigenvalue weighted by Gasteiger charge is 2.34. The summed E-state index contributed by atoms with van der Waals surface area (Å²) < 4.78 is 5.25. The van der Waals surface area contributed by atoms with Gasteiger partial charge in [-0.05, 0) is 35.4 Å². The van der Waals surface area contributed by atoms with Gasteiger partial charge < -0.3 is 4.74 Å². The summed E-state index contributed by atoms with van der Waals surface area (Å²) in [7, 11) is 0. The van der Waals surface area contributed by atoms with Crippen LogP contribution in [-0.4, -0.2) is 35.8 Å². The number of ether oxygens (including phenoxy) is 1. The molecule has 0 saturated heterocycles. The highest BCUT2D eigenvalue weighted by atomic mass is 16.5. The number of imide groups is 1. The van der Waals surface area contributed by atoms with Crippen molar-refractivity contribution in [2.75, 3.05) is 13.2 Å². The summed E-state index contributed by atoms with van der Waals surface area (Å²) in [6, 6.07) is 23.6.